The highest BCUT2D eigenvalue weighted by molar-refractivity contribution is 9.10. The third-order valence-electron chi connectivity index (χ3n) is 2.78. The second kappa shape index (κ2) is 5.54. The first-order valence-electron chi connectivity index (χ1n) is 5.93. The molecule has 4 heteroatoms. The number of hydrogen-bond acceptors (Lipinski definition) is 2. The highest BCUT2D eigenvalue weighted by atomic mass is 79.9. The zero-order valence-corrected chi connectivity index (χ0v) is 11.6. The van der Waals surface area contributed by atoms with Gasteiger partial charge >= 0.3 is 0 Å². The first-order chi connectivity index (χ1) is 8.20. The molecule has 0 radical (unpaired) electrons. The molecular formula is C13H17BrN2O. The van der Waals surface area contributed by atoms with Gasteiger partial charge in [-0.25, -0.2) is 0 Å². The number of nitrogens with zero attached hydrogens (tertiary/aromatic N) is 1. The summed E-state index contributed by atoms with van der Waals surface area (Å²) in [5.74, 6) is 1.72. The molecule has 1 aromatic rings. The lowest BCUT2D eigenvalue weighted by atomic mass is 10.1. The summed E-state index contributed by atoms with van der Waals surface area (Å²) in [6, 6.07) is 4.18. The lowest BCUT2D eigenvalue weighted by Crippen LogP contribution is -2.11. The summed E-state index contributed by atoms with van der Waals surface area (Å²) >= 11 is 3.52. The monoisotopic (exact) mass is 296 g/mol. The van der Waals surface area contributed by atoms with Crippen molar-refractivity contribution < 1.29 is 4.74 Å². The second-order valence-electron chi connectivity index (χ2n) is 4.21. The van der Waals surface area contributed by atoms with Gasteiger partial charge in [-0.3, -0.25) is 4.99 Å². The van der Waals surface area contributed by atoms with Crippen molar-refractivity contribution in [2.24, 2.45) is 10.7 Å². The molecule has 2 N–H and O–H groups in total. The Morgan fingerprint density at radius 1 is 1.53 bits per heavy atom. The predicted octanol–water partition coefficient (Wildman–Crippen LogP) is 3.04. The fourth-order valence-electron chi connectivity index (χ4n) is 1.99. The van der Waals surface area contributed by atoms with Crippen molar-refractivity contribution in [3.63, 3.8) is 0 Å². The Balaban J connectivity index is 2.19. The van der Waals surface area contributed by atoms with Crippen LogP contribution in [0.3, 0.4) is 0 Å². The number of aliphatic imine (C=N–C) groups is 1. The van der Waals surface area contributed by atoms with Crippen LogP contribution in [-0.4, -0.2) is 12.4 Å². The van der Waals surface area contributed by atoms with Crippen molar-refractivity contribution in [2.45, 2.75) is 32.7 Å². The van der Waals surface area contributed by atoms with E-state index in [2.05, 4.69) is 40.0 Å². The van der Waals surface area contributed by atoms with Crippen molar-refractivity contribution in [2.75, 3.05) is 6.61 Å². The SMILES string of the molecule is CCCC(N)=NCc1cc(Br)cc2c1OCC2. The first-order valence-corrected chi connectivity index (χ1v) is 6.73. The number of fused-ring (bicyclic) bond motifs is 1. The van der Waals surface area contributed by atoms with Crippen molar-refractivity contribution in [1.82, 2.24) is 0 Å². The molecule has 0 amide bonds. The van der Waals surface area contributed by atoms with Gasteiger partial charge < -0.3 is 10.5 Å². The summed E-state index contributed by atoms with van der Waals surface area (Å²) in [4.78, 5) is 4.40. The van der Waals surface area contributed by atoms with E-state index >= 15 is 0 Å². The second-order valence-corrected chi connectivity index (χ2v) is 5.12. The lowest BCUT2D eigenvalue weighted by molar-refractivity contribution is 0.353. The van der Waals surface area contributed by atoms with Gasteiger partial charge in [-0.05, 0) is 24.1 Å². The molecule has 0 aromatic heterocycles. The van der Waals surface area contributed by atoms with E-state index in [4.69, 9.17) is 10.5 Å². The van der Waals surface area contributed by atoms with Crippen LogP contribution >= 0.6 is 15.9 Å². The van der Waals surface area contributed by atoms with E-state index in [1.807, 2.05) is 0 Å². The fourth-order valence-corrected chi connectivity index (χ4v) is 2.54. The van der Waals surface area contributed by atoms with Crippen LogP contribution in [0.4, 0.5) is 0 Å². The van der Waals surface area contributed by atoms with Gasteiger partial charge in [-0.1, -0.05) is 22.9 Å². The van der Waals surface area contributed by atoms with Crippen LogP contribution in [0.5, 0.6) is 5.75 Å². The van der Waals surface area contributed by atoms with Crippen LogP contribution in [0, 0.1) is 0 Å². The Morgan fingerprint density at radius 3 is 3.12 bits per heavy atom. The lowest BCUT2D eigenvalue weighted by Gasteiger charge is -2.07. The van der Waals surface area contributed by atoms with Gasteiger partial charge in [-0.15, -0.1) is 0 Å². The molecule has 3 nitrogen and oxygen atoms in total. The Morgan fingerprint density at radius 2 is 2.35 bits per heavy atom. The average molecular weight is 297 g/mol. The molecule has 0 fully saturated rings. The summed E-state index contributed by atoms with van der Waals surface area (Å²) in [5.41, 5.74) is 8.19. The van der Waals surface area contributed by atoms with E-state index < -0.39 is 0 Å². The number of amidine groups is 1. The van der Waals surface area contributed by atoms with Gasteiger partial charge in [0, 0.05) is 22.9 Å². The number of halogens is 1. The van der Waals surface area contributed by atoms with Crippen molar-refractivity contribution in [1.29, 1.82) is 0 Å². The number of hydrogen-bond donors (Lipinski definition) is 1. The van der Waals surface area contributed by atoms with Crippen LogP contribution < -0.4 is 10.5 Å². The maximum atomic E-state index is 5.81. The van der Waals surface area contributed by atoms with Crippen molar-refractivity contribution in [3.8, 4) is 5.75 Å². The summed E-state index contributed by atoms with van der Waals surface area (Å²) in [5, 5.41) is 0. The Kier molecular flexibility index (Phi) is 4.05. The minimum absolute atomic E-state index is 0.605. The van der Waals surface area contributed by atoms with Crippen LogP contribution in [0.25, 0.3) is 0 Å². The molecule has 17 heavy (non-hydrogen) atoms. The van der Waals surface area contributed by atoms with Gasteiger partial charge in [0.25, 0.3) is 0 Å². The largest absolute Gasteiger partial charge is 0.493 e. The third-order valence-corrected chi connectivity index (χ3v) is 3.24. The van der Waals surface area contributed by atoms with Crippen molar-refractivity contribution >= 4 is 21.8 Å². The zero-order valence-electron chi connectivity index (χ0n) is 10.0. The van der Waals surface area contributed by atoms with E-state index in [-0.39, 0.29) is 0 Å². The molecule has 0 atom stereocenters. The van der Waals surface area contributed by atoms with E-state index in [1.165, 1.54) is 5.56 Å². The molecule has 0 spiro atoms. The van der Waals surface area contributed by atoms with Gasteiger partial charge in [0.15, 0.2) is 0 Å². The number of rotatable bonds is 4. The Labute approximate surface area is 110 Å². The number of ether oxygens (including phenoxy) is 1. The van der Waals surface area contributed by atoms with E-state index in [0.29, 0.717) is 6.54 Å². The number of nitrogens with two attached hydrogens (primary N) is 1. The van der Waals surface area contributed by atoms with Gasteiger partial charge in [0.1, 0.15) is 5.75 Å². The topological polar surface area (TPSA) is 47.6 Å². The van der Waals surface area contributed by atoms with Crippen molar-refractivity contribution in [3.05, 3.63) is 27.7 Å². The Hall–Kier alpha value is -1.03. The first kappa shape index (κ1) is 12.4. The molecule has 1 aromatic carbocycles. The molecule has 1 aliphatic heterocycles. The molecule has 0 bridgehead atoms. The minimum Gasteiger partial charge on any atom is -0.493 e. The highest BCUT2D eigenvalue weighted by Crippen LogP contribution is 2.33. The third kappa shape index (κ3) is 3.00. The molecule has 0 unspecified atom stereocenters. The number of benzene rings is 1. The summed E-state index contributed by atoms with van der Waals surface area (Å²) in [6.07, 6.45) is 2.87. The fraction of sp³-hybridized carbons (Fsp3) is 0.462. The predicted molar refractivity (Wildman–Crippen MR) is 73.6 cm³/mol. The Bertz CT molecular complexity index is 443. The maximum Gasteiger partial charge on any atom is 0.127 e. The van der Waals surface area contributed by atoms with E-state index in [0.717, 1.165) is 47.5 Å². The zero-order chi connectivity index (χ0) is 12.3. The van der Waals surface area contributed by atoms with E-state index in [1.54, 1.807) is 0 Å². The standard InChI is InChI=1S/C13H17BrN2O/c1-2-3-12(15)16-8-10-7-11(14)6-9-4-5-17-13(9)10/h6-7H,2-5,8H2,1H3,(H2,15,16). The summed E-state index contributed by atoms with van der Waals surface area (Å²) < 4.78 is 6.73. The molecule has 0 saturated heterocycles. The van der Waals surface area contributed by atoms with Crippen LogP contribution in [0.1, 0.15) is 30.9 Å². The molecular weight excluding hydrogens is 280 g/mol. The molecule has 1 aliphatic rings. The van der Waals surface area contributed by atoms with Gasteiger partial charge in [-0.2, -0.15) is 0 Å². The quantitative estimate of drug-likeness (QED) is 0.686. The molecule has 2 rings (SSSR count). The minimum atomic E-state index is 0.605. The molecule has 0 aliphatic carbocycles. The summed E-state index contributed by atoms with van der Waals surface area (Å²) in [7, 11) is 0. The van der Waals surface area contributed by atoms with Crippen LogP contribution in [0.2, 0.25) is 0 Å². The normalized spacial score (nSPS) is 14.6. The van der Waals surface area contributed by atoms with Gasteiger partial charge in [0.2, 0.25) is 0 Å². The summed E-state index contributed by atoms with van der Waals surface area (Å²) in [6.45, 7) is 3.48. The smallest absolute Gasteiger partial charge is 0.127 e. The molecule has 1 heterocycles. The molecule has 0 saturated carbocycles. The van der Waals surface area contributed by atoms with Crippen LogP contribution in [-0.2, 0) is 13.0 Å². The van der Waals surface area contributed by atoms with Crippen LogP contribution in [0.15, 0.2) is 21.6 Å². The van der Waals surface area contributed by atoms with Gasteiger partial charge in [0.05, 0.1) is 19.0 Å². The molecule has 92 valence electrons. The highest BCUT2D eigenvalue weighted by Gasteiger charge is 2.16. The van der Waals surface area contributed by atoms with E-state index in [9.17, 15) is 0 Å². The average Bonchev–Trinajstić information content (AvgIpc) is 2.74. The maximum absolute atomic E-state index is 5.81.